The highest BCUT2D eigenvalue weighted by Gasteiger charge is 2.34. The summed E-state index contributed by atoms with van der Waals surface area (Å²) in [4.78, 5) is 12.4. The molecule has 0 radical (unpaired) electrons. The molecule has 2 unspecified atom stereocenters. The Kier molecular flexibility index (Phi) is 5.73. The summed E-state index contributed by atoms with van der Waals surface area (Å²) in [7, 11) is 3.24. The van der Waals surface area contributed by atoms with Crippen molar-refractivity contribution < 1.29 is 14.3 Å². The van der Waals surface area contributed by atoms with Crippen molar-refractivity contribution in [3.63, 3.8) is 0 Å². The fourth-order valence-electron chi connectivity index (χ4n) is 2.84. The van der Waals surface area contributed by atoms with Gasteiger partial charge in [-0.25, -0.2) is 0 Å². The van der Waals surface area contributed by atoms with Gasteiger partial charge in [0, 0.05) is 20.8 Å². The van der Waals surface area contributed by atoms with Gasteiger partial charge in [0.15, 0.2) is 6.10 Å². The third-order valence-corrected chi connectivity index (χ3v) is 3.93. The van der Waals surface area contributed by atoms with Crippen molar-refractivity contribution in [1.29, 1.82) is 0 Å². The van der Waals surface area contributed by atoms with E-state index in [0.717, 1.165) is 24.9 Å². The topological polar surface area (TPSA) is 59.6 Å². The van der Waals surface area contributed by atoms with Gasteiger partial charge in [0.2, 0.25) is 0 Å². The lowest BCUT2D eigenvalue weighted by Crippen LogP contribution is -2.53. The van der Waals surface area contributed by atoms with Crippen LogP contribution < -0.4 is 10.6 Å². The maximum atomic E-state index is 12.4. The second-order valence-corrected chi connectivity index (χ2v) is 5.49. The monoisotopic (exact) mass is 292 g/mol. The number of ether oxygens (including phenoxy) is 2. The molecule has 2 rings (SSSR count). The van der Waals surface area contributed by atoms with Crippen LogP contribution in [-0.2, 0) is 14.3 Å². The highest BCUT2D eigenvalue weighted by molar-refractivity contribution is 5.82. The van der Waals surface area contributed by atoms with E-state index in [0.29, 0.717) is 13.2 Å². The Balaban J connectivity index is 1.96. The molecule has 1 saturated heterocycles. The Labute approximate surface area is 126 Å². The van der Waals surface area contributed by atoms with E-state index in [1.54, 1.807) is 14.2 Å². The Hall–Kier alpha value is -1.43. The minimum absolute atomic E-state index is 0.118. The van der Waals surface area contributed by atoms with E-state index in [1.807, 2.05) is 30.3 Å². The molecule has 1 heterocycles. The zero-order valence-electron chi connectivity index (χ0n) is 12.7. The summed E-state index contributed by atoms with van der Waals surface area (Å²) >= 11 is 0. The van der Waals surface area contributed by atoms with Crippen LogP contribution in [0.4, 0.5) is 0 Å². The molecule has 0 bridgehead atoms. The molecular weight excluding hydrogens is 268 g/mol. The van der Waals surface area contributed by atoms with Crippen LogP contribution in [0.25, 0.3) is 0 Å². The number of nitrogens with one attached hydrogen (secondary N) is 2. The van der Waals surface area contributed by atoms with Crippen molar-refractivity contribution in [2.45, 2.75) is 24.5 Å². The van der Waals surface area contributed by atoms with Gasteiger partial charge in [-0.05, 0) is 24.9 Å². The predicted molar refractivity (Wildman–Crippen MR) is 81.0 cm³/mol. The zero-order chi connectivity index (χ0) is 15.1. The first-order valence-electron chi connectivity index (χ1n) is 7.30. The fraction of sp³-hybridized carbons (Fsp3) is 0.562. The van der Waals surface area contributed by atoms with Gasteiger partial charge in [0.1, 0.15) is 0 Å². The molecule has 0 aromatic heterocycles. The Morgan fingerprint density at radius 3 is 2.71 bits per heavy atom. The van der Waals surface area contributed by atoms with Crippen molar-refractivity contribution in [3.05, 3.63) is 35.9 Å². The molecule has 116 valence electrons. The molecule has 1 aromatic rings. The molecule has 0 spiro atoms. The standard InChI is InChI=1S/C16H24N2O3/c1-20-12-16(9-6-10-18-16)11-17-15(19)14(21-2)13-7-4-3-5-8-13/h3-5,7-8,14,18H,6,9-12H2,1-2H3,(H,17,19). The van der Waals surface area contributed by atoms with Gasteiger partial charge in [-0.15, -0.1) is 0 Å². The van der Waals surface area contributed by atoms with E-state index in [1.165, 1.54) is 0 Å². The van der Waals surface area contributed by atoms with Gasteiger partial charge in [0.25, 0.3) is 5.91 Å². The van der Waals surface area contributed by atoms with Gasteiger partial charge >= 0.3 is 0 Å². The Morgan fingerprint density at radius 1 is 1.38 bits per heavy atom. The van der Waals surface area contributed by atoms with E-state index < -0.39 is 6.10 Å². The summed E-state index contributed by atoms with van der Waals surface area (Å²) in [5.41, 5.74) is 0.706. The summed E-state index contributed by atoms with van der Waals surface area (Å²) in [5, 5.41) is 6.44. The molecule has 1 fully saturated rings. The minimum atomic E-state index is -0.577. The fourth-order valence-corrected chi connectivity index (χ4v) is 2.84. The van der Waals surface area contributed by atoms with E-state index in [-0.39, 0.29) is 11.4 Å². The minimum Gasteiger partial charge on any atom is -0.383 e. The van der Waals surface area contributed by atoms with Gasteiger partial charge in [-0.1, -0.05) is 30.3 Å². The molecule has 0 saturated carbocycles. The van der Waals surface area contributed by atoms with Crippen LogP contribution in [0.3, 0.4) is 0 Å². The first-order valence-corrected chi connectivity index (χ1v) is 7.30. The van der Waals surface area contributed by atoms with Crippen molar-refractivity contribution in [1.82, 2.24) is 10.6 Å². The summed E-state index contributed by atoms with van der Waals surface area (Å²) in [6, 6.07) is 9.52. The van der Waals surface area contributed by atoms with Crippen LogP contribution >= 0.6 is 0 Å². The molecule has 1 amide bonds. The highest BCUT2D eigenvalue weighted by Crippen LogP contribution is 2.20. The van der Waals surface area contributed by atoms with Gasteiger partial charge in [-0.3, -0.25) is 4.79 Å². The summed E-state index contributed by atoms with van der Waals surface area (Å²) < 4.78 is 10.6. The molecule has 2 atom stereocenters. The average Bonchev–Trinajstić information content (AvgIpc) is 2.96. The molecular formula is C16H24N2O3. The van der Waals surface area contributed by atoms with E-state index in [4.69, 9.17) is 9.47 Å². The van der Waals surface area contributed by atoms with E-state index >= 15 is 0 Å². The van der Waals surface area contributed by atoms with E-state index in [9.17, 15) is 4.79 Å². The van der Waals surface area contributed by atoms with Crippen LogP contribution in [0.15, 0.2) is 30.3 Å². The van der Waals surface area contributed by atoms with Gasteiger partial charge < -0.3 is 20.1 Å². The lowest BCUT2D eigenvalue weighted by molar-refractivity contribution is -0.131. The number of methoxy groups -OCH3 is 2. The largest absolute Gasteiger partial charge is 0.383 e. The van der Waals surface area contributed by atoms with Crippen LogP contribution in [0.5, 0.6) is 0 Å². The zero-order valence-corrected chi connectivity index (χ0v) is 12.7. The number of benzene rings is 1. The molecule has 1 aliphatic rings. The van der Waals surface area contributed by atoms with Crippen LogP contribution in [0, 0.1) is 0 Å². The SMILES string of the molecule is COCC1(CNC(=O)C(OC)c2ccccc2)CCCN1. The molecule has 2 N–H and O–H groups in total. The first kappa shape index (κ1) is 15.9. The van der Waals surface area contributed by atoms with Crippen molar-refractivity contribution in [2.24, 2.45) is 0 Å². The summed E-state index contributed by atoms with van der Waals surface area (Å²) in [6.45, 7) is 2.11. The number of carbonyl (C=O) groups excluding carboxylic acids is 1. The molecule has 21 heavy (non-hydrogen) atoms. The van der Waals surface area contributed by atoms with Crippen molar-refractivity contribution in [3.8, 4) is 0 Å². The van der Waals surface area contributed by atoms with Gasteiger partial charge in [0.05, 0.1) is 12.1 Å². The first-order chi connectivity index (χ1) is 10.2. The van der Waals surface area contributed by atoms with Gasteiger partial charge in [-0.2, -0.15) is 0 Å². The Morgan fingerprint density at radius 2 is 2.14 bits per heavy atom. The second kappa shape index (κ2) is 7.54. The number of amides is 1. The molecule has 5 heteroatoms. The maximum absolute atomic E-state index is 12.4. The third-order valence-electron chi connectivity index (χ3n) is 3.93. The van der Waals surface area contributed by atoms with E-state index in [2.05, 4.69) is 10.6 Å². The molecule has 0 aliphatic carbocycles. The number of carbonyl (C=O) groups is 1. The summed E-state index contributed by atoms with van der Waals surface area (Å²) in [5.74, 6) is -0.118. The molecule has 1 aromatic carbocycles. The second-order valence-electron chi connectivity index (χ2n) is 5.49. The van der Waals surface area contributed by atoms with Crippen LogP contribution in [0.2, 0.25) is 0 Å². The third kappa shape index (κ3) is 4.03. The Bertz CT molecular complexity index is 444. The predicted octanol–water partition coefficient (Wildman–Crippen LogP) is 1.26. The van der Waals surface area contributed by atoms with Crippen molar-refractivity contribution in [2.75, 3.05) is 33.9 Å². The molecule has 5 nitrogen and oxygen atoms in total. The lowest BCUT2D eigenvalue weighted by Gasteiger charge is -2.29. The summed E-state index contributed by atoms with van der Waals surface area (Å²) in [6.07, 6.45) is 1.53. The normalized spacial score (nSPS) is 23.0. The van der Waals surface area contributed by atoms with Crippen LogP contribution in [0.1, 0.15) is 24.5 Å². The molecule has 1 aliphatic heterocycles. The number of hydrogen-bond acceptors (Lipinski definition) is 4. The number of hydrogen-bond donors (Lipinski definition) is 2. The lowest BCUT2D eigenvalue weighted by atomic mass is 9.98. The smallest absolute Gasteiger partial charge is 0.253 e. The van der Waals surface area contributed by atoms with Crippen LogP contribution in [-0.4, -0.2) is 45.4 Å². The quantitative estimate of drug-likeness (QED) is 0.794. The van der Waals surface area contributed by atoms with Crippen molar-refractivity contribution >= 4 is 5.91 Å². The highest BCUT2D eigenvalue weighted by atomic mass is 16.5. The maximum Gasteiger partial charge on any atom is 0.253 e. The number of rotatable bonds is 7. The average molecular weight is 292 g/mol.